The Labute approximate surface area is 212 Å². The average Bonchev–Trinajstić information content (AvgIpc) is 2.82. The van der Waals surface area contributed by atoms with Crippen LogP contribution in [0.1, 0.15) is 51.4 Å². The number of hydrogen-bond acceptors (Lipinski definition) is 10. The van der Waals surface area contributed by atoms with Gasteiger partial charge in [-0.3, -0.25) is 4.99 Å². The van der Waals surface area contributed by atoms with Crippen molar-refractivity contribution in [3.63, 3.8) is 0 Å². The second-order valence-electron chi connectivity index (χ2n) is 8.29. The molecule has 0 unspecified atom stereocenters. The van der Waals surface area contributed by atoms with Crippen LogP contribution in [0.3, 0.4) is 0 Å². The van der Waals surface area contributed by atoms with E-state index in [1.807, 2.05) is 0 Å². The van der Waals surface area contributed by atoms with E-state index in [0.717, 1.165) is 19.3 Å². The third-order valence-electron chi connectivity index (χ3n) is 4.96. The molecule has 14 N–H and O–H groups in total. The number of carbonyl (C=O) groups is 3. The van der Waals surface area contributed by atoms with Gasteiger partial charge in [-0.15, -0.1) is 0 Å². The lowest BCUT2D eigenvalue weighted by Crippen LogP contribution is -2.44. The molecule has 0 fully saturated rings. The van der Waals surface area contributed by atoms with E-state index < -0.39 is 30.4 Å². The highest BCUT2D eigenvalue weighted by atomic mass is 16.6. The number of guanidine groups is 1. The van der Waals surface area contributed by atoms with Gasteiger partial charge in [-0.1, -0.05) is 12.8 Å². The Hall–Kier alpha value is -3.04. The number of aliphatic imine (C=N–C) groups is 1. The van der Waals surface area contributed by atoms with E-state index in [-0.39, 0.29) is 31.8 Å². The molecule has 15 nitrogen and oxygen atoms in total. The van der Waals surface area contributed by atoms with E-state index >= 15 is 0 Å². The molecular formula is C21H45N9O6. The van der Waals surface area contributed by atoms with Gasteiger partial charge in [-0.25, -0.2) is 14.4 Å². The molecule has 210 valence electrons. The summed E-state index contributed by atoms with van der Waals surface area (Å²) in [5, 5.41) is 5.33. The van der Waals surface area contributed by atoms with Crippen molar-refractivity contribution in [2.45, 2.75) is 69.5 Å². The van der Waals surface area contributed by atoms with E-state index in [2.05, 4.69) is 15.6 Å². The van der Waals surface area contributed by atoms with Crippen LogP contribution in [-0.2, 0) is 14.2 Å². The van der Waals surface area contributed by atoms with Crippen LogP contribution >= 0.6 is 0 Å². The summed E-state index contributed by atoms with van der Waals surface area (Å²) in [7, 11) is 0. The van der Waals surface area contributed by atoms with Crippen molar-refractivity contribution in [3.8, 4) is 0 Å². The Kier molecular flexibility index (Phi) is 19.5. The van der Waals surface area contributed by atoms with Gasteiger partial charge >= 0.3 is 18.3 Å². The van der Waals surface area contributed by atoms with Crippen molar-refractivity contribution in [2.75, 3.05) is 39.5 Å². The van der Waals surface area contributed by atoms with Gasteiger partial charge in [0.2, 0.25) is 0 Å². The van der Waals surface area contributed by atoms with E-state index in [1.54, 1.807) is 0 Å². The molecule has 36 heavy (non-hydrogen) atoms. The standard InChI is InChI=1S/C21H45N9O6/c22-9-3-1-7-16(13-34-19(27)31)29-21(33)36-14-17(8-2-4-10-23)30-20(32)35-12-15(24)6-5-11-28-18(25)26/h15-17H,1-14,22-24H2,(H2,27,31)(H,29,33)(H,30,32)(H4,25,26,28)/t15-,16-,17-/m0/s1. The number of ether oxygens (including phenoxy) is 3. The summed E-state index contributed by atoms with van der Waals surface area (Å²) in [4.78, 5) is 39.3. The summed E-state index contributed by atoms with van der Waals surface area (Å²) in [6, 6.07) is -1.36. The molecule has 0 aromatic carbocycles. The van der Waals surface area contributed by atoms with Crippen LogP contribution in [0.2, 0.25) is 0 Å². The third-order valence-corrected chi connectivity index (χ3v) is 4.96. The zero-order chi connectivity index (χ0) is 27.2. The number of nitrogens with two attached hydrogens (primary N) is 6. The fourth-order valence-electron chi connectivity index (χ4n) is 3.07. The predicted molar refractivity (Wildman–Crippen MR) is 136 cm³/mol. The molecule has 0 aliphatic rings. The largest absolute Gasteiger partial charge is 0.448 e. The van der Waals surface area contributed by atoms with E-state index in [1.165, 1.54) is 0 Å². The van der Waals surface area contributed by atoms with Crippen LogP contribution in [0, 0.1) is 0 Å². The first kappa shape index (κ1) is 33.0. The topological polar surface area (TPSA) is 271 Å². The van der Waals surface area contributed by atoms with E-state index in [0.29, 0.717) is 51.7 Å². The molecule has 0 rings (SSSR count). The van der Waals surface area contributed by atoms with Gasteiger partial charge in [-0.2, -0.15) is 0 Å². The quantitative estimate of drug-likeness (QED) is 0.0414. The molecule has 0 spiro atoms. The van der Waals surface area contributed by atoms with E-state index in [9.17, 15) is 14.4 Å². The highest BCUT2D eigenvalue weighted by molar-refractivity contribution is 5.75. The van der Waals surface area contributed by atoms with Gasteiger partial charge in [0.25, 0.3) is 0 Å². The molecule has 0 aliphatic carbocycles. The van der Waals surface area contributed by atoms with Crippen LogP contribution in [-0.4, -0.2) is 81.8 Å². The number of alkyl carbamates (subject to hydrolysis) is 2. The second-order valence-corrected chi connectivity index (χ2v) is 8.29. The second kappa shape index (κ2) is 21.3. The Bertz CT molecular complexity index is 649. The molecule has 3 amide bonds. The first-order valence-corrected chi connectivity index (χ1v) is 12.2. The molecule has 0 heterocycles. The molecule has 0 saturated carbocycles. The first-order valence-electron chi connectivity index (χ1n) is 12.2. The smallest absolute Gasteiger partial charge is 0.407 e. The van der Waals surface area contributed by atoms with Gasteiger partial charge in [0.1, 0.15) is 19.8 Å². The molecular weight excluding hydrogens is 474 g/mol. The number of nitrogens with one attached hydrogen (secondary N) is 2. The Balaban J connectivity index is 4.62. The Morgan fingerprint density at radius 3 is 1.67 bits per heavy atom. The lowest BCUT2D eigenvalue weighted by Gasteiger charge is -2.21. The maximum atomic E-state index is 12.3. The van der Waals surface area contributed by atoms with Crippen LogP contribution in [0.5, 0.6) is 0 Å². The van der Waals surface area contributed by atoms with Crippen molar-refractivity contribution in [1.82, 2.24) is 10.6 Å². The molecule has 15 heteroatoms. The average molecular weight is 520 g/mol. The number of primary amides is 1. The minimum atomic E-state index is -0.940. The van der Waals surface area contributed by atoms with Crippen LogP contribution < -0.4 is 45.0 Å². The number of rotatable bonds is 20. The van der Waals surface area contributed by atoms with E-state index in [4.69, 9.17) is 48.6 Å². The molecule has 0 radical (unpaired) electrons. The highest BCUT2D eigenvalue weighted by Crippen LogP contribution is 2.05. The van der Waals surface area contributed by atoms with Crippen LogP contribution in [0.25, 0.3) is 0 Å². The fourth-order valence-corrected chi connectivity index (χ4v) is 3.07. The molecule has 0 aliphatic heterocycles. The van der Waals surface area contributed by atoms with Gasteiger partial charge in [0, 0.05) is 12.6 Å². The lowest BCUT2D eigenvalue weighted by molar-refractivity contribution is 0.104. The number of nitrogens with zero attached hydrogens (tertiary/aromatic N) is 1. The summed E-state index contributed by atoms with van der Waals surface area (Å²) in [5.41, 5.74) is 32.5. The van der Waals surface area contributed by atoms with Crippen molar-refractivity contribution in [3.05, 3.63) is 0 Å². The van der Waals surface area contributed by atoms with Gasteiger partial charge in [0.05, 0.1) is 12.1 Å². The maximum absolute atomic E-state index is 12.3. The molecule has 0 bridgehead atoms. The van der Waals surface area contributed by atoms with Gasteiger partial charge in [0.15, 0.2) is 5.96 Å². The SMILES string of the molecule is NCCCC[C@@H](COC(N)=O)NC(=O)OC[C@H](CCCCN)NC(=O)OC[C@@H](N)CCCN=C(N)N. The Morgan fingerprint density at radius 1 is 0.694 bits per heavy atom. The number of amides is 3. The number of carbonyl (C=O) groups excluding carboxylic acids is 3. The number of hydrogen-bond donors (Lipinski definition) is 8. The van der Waals surface area contributed by atoms with Crippen molar-refractivity contribution < 1.29 is 28.6 Å². The zero-order valence-corrected chi connectivity index (χ0v) is 21.0. The third kappa shape index (κ3) is 20.3. The summed E-state index contributed by atoms with van der Waals surface area (Å²) < 4.78 is 15.3. The molecule has 0 aromatic heterocycles. The predicted octanol–water partition coefficient (Wildman–Crippen LogP) is -1.09. The normalized spacial score (nSPS) is 13.1. The Morgan fingerprint density at radius 2 is 1.19 bits per heavy atom. The zero-order valence-electron chi connectivity index (χ0n) is 21.0. The fraction of sp³-hybridized carbons (Fsp3) is 0.810. The molecule has 0 aromatic rings. The molecule has 0 saturated heterocycles. The lowest BCUT2D eigenvalue weighted by atomic mass is 10.1. The molecule has 3 atom stereocenters. The van der Waals surface area contributed by atoms with Crippen LogP contribution in [0.4, 0.5) is 14.4 Å². The maximum Gasteiger partial charge on any atom is 0.407 e. The summed E-state index contributed by atoms with van der Waals surface area (Å²) in [6.07, 6.45) is 2.85. The minimum absolute atomic E-state index is 0.00879. The summed E-state index contributed by atoms with van der Waals surface area (Å²) >= 11 is 0. The monoisotopic (exact) mass is 519 g/mol. The highest BCUT2D eigenvalue weighted by Gasteiger charge is 2.19. The summed E-state index contributed by atoms with van der Waals surface area (Å²) in [6.45, 7) is 1.26. The van der Waals surface area contributed by atoms with Gasteiger partial charge in [-0.05, 0) is 51.6 Å². The van der Waals surface area contributed by atoms with Crippen LogP contribution in [0.15, 0.2) is 4.99 Å². The minimum Gasteiger partial charge on any atom is -0.448 e. The first-order chi connectivity index (χ1) is 17.2. The van der Waals surface area contributed by atoms with Crippen molar-refractivity contribution in [1.29, 1.82) is 0 Å². The number of unbranched alkanes of at least 4 members (excludes halogenated alkanes) is 2. The van der Waals surface area contributed by atoms with Crippen molar-refractivity contribution >= 4 is 24.2 Å². The van der Waals surface area contributed by atoms with Gasteiger partial charge < -0.3 is 59.2 Å². The summed E-state index contributed by atoms with van der Waals surface area (Å²) in [5.74, 6) is 0.0110. The van der Waals surface area contributed by atoms with Crippen molar-refractivity contribution in [2.24, 2.45) is 39.4 Å².